The SMILES string of the molecule is COc1cccc(Cn2nc(C(F)(F)F)c(-c3c(C(N)=O)nc4ccccc4c3C(N)=O)c2C)c1. The summed E-state index contributed by atoms with van der Waals surface area (Å²) in [6.45, 7) is 1.37. The second-order valence-electron chi connectivity index (χ2n) is 7.77. The molecule has 0 bridgehead atoms. The van der Waals surface area contributed by atoms with E-state index in [0.717, 1.165) is 4.68 Å². The molecule has 4 N–H and O–H groups in total. The Labute approximate surface area is 197 Å². The summed E-state index contributed by atoms with van der Waals surface area (Å²) in [5.41, 5.74) is 9.01. The number of aromatic nitrogens is 3. The highest BCUT2D eigenvalue weighted by molar-refractivity contribution is 6.15. The van der Waals surface area contributed by atoms with E-state index in [4.69, 9.17) is 16.2 Å². The van der Waals surface area contributed by atoms with Crippen molar-refractivity contribution in [2.24, 2.45) is 11.5 Å². The number of methoxy groups -OCH3 is 1. The molecular formula is C24H20F3N5O3. The number of amides is 2. The zero-order valence-corrected chi connectivity index (χ0v) is 18.7. The number of ether oxygens (including phenoxy) is 1. The van der Waals surface area contributed by atoms with Gasteiger partial charge in [-0.3, -0.25) is 14.3 Å². The molecule has 2 aromatic heterocycles. The molecule has 0 fully saturated rings. The number of benzene rings is 2. The molecule has 11 heteroatoms. The van der Waals surface area contributed by atoms with Crippen molar-refractivity contribution in [3.63, 3.8) is 0 Å². The van der Waals surface area contributed by atoms with Gasteiger partial charge in [0.25, 0.3) is 5.91 Å². The van der Waals surface area contributed by atoms with Gasteiger partial charge in [-0.15, -0.1) is 0 Å². The van der Waals surface area contributed by atoms with Crippen molar-refractivity contribution in [2.45, 2.75) is 19.6 Å². The quantitative estimate of drug-likeness (QED) is 0.433. The molecule has 0 spiro atoms. The van der Waals surface area contributed by atoms with Crippen molar-refractivity contribution in [3.05, 3.63) is 76.7 Å². The molecular weight excluding hydrogens is 463 g/mol. The smallest absolute Gasteiger partial charge is 0.435 e. The van der Waals surface area contributed by atoms with E-state index in [0.29, 0.717) is 11.3 Å². The number of pyridine rings is 1. The van der Waals surface area contributed by atoms with Crippen LogP contribution in [0.3, 0.4) is 0 Å². The largest absolute Gasteiger partial charge is 0.497 e. The summed E-state index contributed by atoms with van der Waals surface area (Å²) in [5.74, 6) is -1.62. The number of carbonyl (C=O) groups excluding carboxylic acids is 2. The van der Waals surface area contributed by atoms with Gasteiger partial charge >= 0.3 is 6.18 Å². The van der Waals surface area contributed by atoms with Crippen LogP contribution >= 0.6 is 0 Å². The Morgan fingerprint density at radius 2 is 1.74 bits per heavy atom. The number of alkyl halides is 3. The highest BCUT2D eigenvalue weighted by Gasteiger charge is 2.41. The third-order valence-corrected chi connectivity index (χ3v) is 5.56. The van der Waals surface area contributed by atoms with Gasteiger partial charge in [-0.2, -0.15) is 18.3 Å². The monoisotopic (exact) mass is 483 g/mol. The average molecular weight is 483 g/mol. The van der Waals surface area contributed by atoms with Crippen molar-refractivity contribution in [1.82, 2.24) is 14.8 Å². The molecule has 2 heterocycles. The van der Waals surface area contributed by atoms with E-state index in [1.54, 1.807) is 36.4 Å². The topological polar surface area (TPSA) is 126 Å². The normalized spacial score (nSPS) is 11.6. The van der Waals surface area contributed by atoms with Gasteiger partial charge in [-0.25, -0.2) is 4.98 Å². The van der Waals surface area contributed by atoms with E-state index >= 15 is 0 Å². The minimum Gasteiger partial charge on any atom is -0.497 e. The zero-order valence-electron chi connectivity index (χ0n) is 18.7. The second-order valence-corrected chi connectivity index (χ2v) is 7.77. The molecule has 0 radical (unpaired) electrons. The number of carbonyl (C=O) groups is 2. The fraction of sp³-hybridized carbons (Fsp3) is 0.167. The van der Waals surface area contributed by atoms with Gasteiger partial charge in [0, 0.05) is 22.2 Å². The van der Waals surface area contributed by atoms with E-state index < -0.39 is 40.5 Å². The summed E-state index contributed by atoms with van der Waals surface area (Å²) in [5, 5.41) is 4.00. The number of hydrogen-bond acceptors (Lipinski definition) is 5. The second kappa shape index (κ2) is 8.75. The summed E-state index contributed by atoms with van der Waals surface area (Å²) in [6, 6.07) is 12.9. The first-order valence-corrected chi connectivity index (χ1v) is 10.3. The Morgan fingerprint density at radius 3 is 2.37 bits per heavy atom. The predicted molar refractivity (Wildman–Crippen MR) is 122 cm³/mol. The lowest BCUT2D eigenvalue weighted by Crippen LogP contribution is -2.21. The van der Waals surface area contributed by atoms with Crippen LogP contribution in [0.25, 0.3) is 22.0 Å². The third kappa shape index (κ3) is 4.27. The number of para-hydroxylation sites is 1. The molecule has 180 valence electrons. The molecule has 0 saturated heterocycles. The van der Waals surface area contributed by atoms with Gasteiger partial charge < -0.3 is 16.2 Å². The van der Waals surface area contributed by atoms with Gasteiger partial charge in [-0.1, -0.05) is 30.3 Å². The van der Waals surface area contributed by atoms with Crippen molar-refractivity contribution in [1.29, 1.82) is 0 Å². The van der Waals surface area contributed by atoms with Crippen LogP contribution in [0.15, 0.2) is 48.5 Å². The molecule has 2 aromatic carbocycles. The van der Waals surface area contributed by atoms with Crippen molar-refractivity contribution < 1.29 is 27.5 Å². The third-order valence-electron chi connectivity index (χ3n) is 5.56. The van der Waals surface area contributed by atoms with Crippen LogP contribution < -0.4 is 16.2 Å². The molecule has 4 rings (SSSR count). The summed E-state index contributed by atoms with van der Waals surface area (Å²) in [6.07, 6.45) is -4.92. The molecule has 0 atom stereocenters. The van der Waals surface area contributed by atoms with Crippen LogP contribution in [-0.2, 0) is 12.7 Å². The van der Waals surface area contributed by atoms with E-state index in [9.17, 15) is 22.8 Å². The predicted octanol–water partition coefficient (Wildman–Crippen LogP) is 3.68. The fourth-order valence-electron chi connectivity index (χ4n) is 4.03. The Hall–Kier alpha value is -4.41. The van der Waals surface area contributed by atoms with Gasteiger partial charge in [0.1, 0.15) is 11.4 Å². The highest BCUT2D eigenvalue weighted by Crippen LogP contribution is 2.42. The van der Waals surface area contributed by atoms with Crippen molar-refractivity contribution in [2.75, 3.05) is 7.11 Å². The summed E-state index contributed by atoms with van der Waals surface area (Å²) in [4.78, 5) is 29.1. The lowest BCUT2D eigenvalue weighted by Gasteiger charge is -2.16. The minimum atomic E-state index is -4.92. The zero-order chi connectivity index (χ0) is 25.5. The van der Waals surface area contributed by atoms with Crippen LogP contribution in [0.4, 0.5) is 13.2 Å². The average Bonchev–Trinajstić information content (AvgIpc) is 3.13. The summed E-state index contributed by atoms with van der Waals surface area (Å²) in [7, 11) is 1.47. The maximum Gasteiger partial charge on any atom is 0.435 e. The number of hydrogen-bond donors (Lipinski definition) is 2. The minimum absolute atomic E-state index is 0.0368. The first-order valence-electron chi connectivity index (χ1n) is 10.3. The molecule has 2 amide bonds. The van der Waals surface area contributed by atoms with Gasteiger partial charge in [0.2, 0.25) is 5.91 Å². The lowest BCUT2D eigenvalue weighted by molar-refractivity contribution is -0.141. The van der Waals surface area contributed by atoms with E-state index in [1.165, 1.54) is 26.2 Å². The number of primary amides is 2. The Balaban J connectivity index is 2.07. The van der Waals surface area contributed by atoms with Crippen LogP contribution in [0.2, 0.25) is 0 Å². The van der Waals surface area contributed by atoms with Crippen LogP contribution in [0, 0.1) is 6.92 Å². The van der Waals surface area contributed by atoms with Gasteiger partial charge in [-0.05, 0) is 30.7 Å². The molecule has 35 heavy (non-hydrogen) atoms. The highest BCUT2D eigenvalue weighted by atomic mass is 19.4. The Bertz CT molecular complexity index is 1480. The van der Waals surface area contributed by atoms with Crippen molar-refractivity contribution >= 4 is 22.7 Å². The molecule has 0 saturated carbocycles. The maximum atomic E-state index is 14.2. The Kier molecular flexibility index (Phi) is 5.93. The van der Waals surface area contributed by atoms with Gasteiger partial charge in [0.15, 0.2) is 5.69 Å². The molecule has 0 aliphatic rings. The molecule has 0 aliphatic heterocycles. The van der Waals surface area contributed by atoms with Gasteiger partial charge in [0.05, 0.1) is 24.7 Å². The number of halogens is 3. The van der Waals surface area contributed by atoms with E-state index in [1.807, 2.05) is 0 Å². The molecule has 4 aromatic rings. The summed E-state index contributed by atoms with van der Waals surface area (Å²) < 4.78 is 49.0. The summed E-state index contributed by atoms with van der Waals surface area (Å²) >= 11 is 0. The maximum absolute atomic E-state index is 14.2. The van der Waals surface area contributed by atoms with Crippen LogP contribution in [0.5, 0.6) is 5.75 Å². The number of nitrogens with two attached hydrogens (primary N) is 2. The van der Waals surface area contributed by atoms with Crippen LogP contribution in [-0.4, -0.2) is 33.7 Å². The number of nitrogens with zero attached hydrogens (tertiary/aromatic N) is 3. The molecule has 8 nitrogen and oxygen atoms in total. The van der Waals surface area contributed by atoms with E-state index in [-0.39, 0.29) is 28.7 Å². The lowest BCUT2D eigenvalue weighted by atomic mass is 9.92. The fourth-order valence-corrected chi connectivity index (χ4v) is 4.03. The Morgan fingerprint density at radius 1 is 1.03 bits per heavy atom. The number of fused-ring (bicyclic) bond motifs is 1. The molecule has 0 unspecified atom stereocenters. The molecule has 0 aliphatic carbocycles. The van der Waals surface area contributed by atoms with Crippen LogP contribution in [0.1, 0.15) is 37.8 Å². The van der Waals surface area contributed by atoms with E-state index in [2.05, 4.69) is 10.1 Å². The number of rotatable bonds is 6. The first kappa shape index (κ1) is 23.7. The standard InChI is InChI=1S/C24H20F3N5O3/c1-12-17(19-18(22(28)33)15-8-3-4-9-16(15)30-20(19)23(29)34)21(24(25,26)27)31-32(12)11-13-6-5-7-14(10-13)35-2/h3-10H,11H2,1-2H3,(H2,28,33)(H2,29,34). The van der Waals surface area contributed by atoms with Crippen molar-refractivity contribution in [3.8, 4) is 16.9 Å². The first-order chi connectivity index (χ1) is 16.5.